The lowest BCUT2D eigenvalue weighted by Gasteiger charge is -2.24. The van der Waals surface area contributed by atoms with Crippen LogP contribution >= 0.6 is 11.8 Å². The molecule has 0 saturated carbocycles. The zero-order chi connectivity index (χ0) is 17.2. The van der Waals surface area contributed by atoms with Crippen molar-refractivity contribution in [3.63, 3.8) is 0 Å². The molecule has 128 valence electrons. The molecule has 1 atom stereocenters. The van der Waals surface area contributed by atoms with Crippen LogP contribution < -0.4 is 15.8 Å². The van der Waals surface area contributed by atoms with Crippen molar-refractivity contribution in [2.75, 3.05) is 37.5 Å². The smallest absolute Gasteiger partial charge is 0.244 e. The van der Waals surface area contributed by atoms with Crippen LogP contribution in [-0.2, 0) is 9.59 Å². The second-order valence-corrected chi connectivity index (χ2v) is 5.97. The number of amides is 2. The van der Waals surface area contributed by atoms with Gasteiger partial charge in [-0.05, 0) is 37.5 Å². The predicted octanol–water partition coefficient (Wildman–Crippen LogP) is 1.56. The zero-order valence-corrected chi connectivity index (χ0v) is 14.7. The Balaban J connectivity index is 2.64. The third-order valence-electron chi connectivity index (χ3n) is 3.36. The van der Waals surface area contributed by atoms with E-state index in [1.807, 2.05) is 19.2 Å². The lowest BCUT2D eigenvalue weighted by molar-refractivity contribution is -0.135. The summed E-state index contributed by atoms with van der Waals surface area (Å²) >= 11 is 1.64. The number of thioether (sulfide) groups is 1. The van der Waals surface area contributed by atoms with E-state index in [0.29, 0.717) is 24.4 Å². The van der Waals surface area contributed by atoms with Crippen LogP contribution in [0.5, 0.6) is 5.75 Å². The fourth-order valence-corrected chi connectivity index (χ4v) is 2.55. The topological polar surface area (TPSA) is 84.7 Å². The molecule has 0 saturated heterocycles. The standard InChI is InChI=1S/C16H25N3O3S/c1-4-19(16(21)12(17)9-10-23-3)11-15(20)18-13-7-5-6-8-14(13)22-2/h5-8,12H,4,9-11,17H2,1-3H3,(H,18,20)/t12-/m0/s1. The minimum Gasteiger partial charge on any atom is -0.495 e. The van der Waals surface area contributed by atoms with Crippen molar-refractivity contribution in [1.82, 2.24) is 4.90 Å². The Hall–Kier alpha value is -1.73. The maximum Gasteiger partial charge on any atom is 0.244 e. The summed E-state index contributed by atoms with van der Waals surface area (Å²) in [4.78, 5) is 25.9. The van der Waals surface area contributed by atoms with Gasteiger partial charge in [0.25, 0.3) is 0 Å². The molecule has 0 radical (unpaired) electrons. The van der Waals surface area contributed by atoms with E-state index in [-0.39, 0.29) is 18.4 Å². The maximum absolute atomic E-state index is 12.3. The van der Waals surface area contributed by atoms with E-state index in [1.54, 1.807) is 30.0 Å². The normalized spacial score (nSPS) is 11.7. The van der Waals surface area contributed by atoms with Crippen LogP contribution in [-0.4, -0.2) is 55.0 Å². The van der Waals surface area contributed by atoms with Gasteiger partial charge < -0.3 is 20.7 Å². The number of nitrogens with one attached hydrogen (secondary N) is 1. The number of anilines is 1. The average molecular weight is 339 g/mol. The number of nitrogens with zero attached hydrogens (tertiary/aromatic N) is 1. The predicted molar refractivity (Wildman–Crippen MR) is 94.9 cm³/mol. The quantitative estimate of drug-likeness (QED) is 0.713. The molecule has 2 amide bonds. The Labute approximate surface area is 141 Å². The molecule has 1 aromatic rings. The molecule has 0 aliphatic rings. The largest absolute Gasteiger partial charge is 0.495 e. The number of likely N-dealkylation sites (N-methyl/N-ethyl adjacent to an activating group) is 1. The zero-order valence-electron chi connectivity index (χ0n) is 13.9. The first-order valence-corrected chi connectivity index (χ1v) is 8.89. The van der Waals surface area contributed by atoms with Crippen molar-refractivity contribution in [2.24, 2.45) is 5.73 Å². The van der Waals surface area contributed by atoms with Gasteiger partial charge >= 0.3 is 0 Å². The number of hydrogen-bond acceptors (Lipinski definition) is 5. The molecule has 0 aliphatic heterocycles. The number of para-hydroxylation sites is 2. The van der Waals surface area contributed by atoms with E-state index in [9.17, 15) is 9.59 Å². The molecule has 0 unspecified atom stereocenters. The number of nitrogens with two attached hydrogens (primary N) is 1. The number of methoxy groups -OCH3 is 1. The van der Waals surface area contributed by atoms with Crippen LogP contribution in [0, 0.1) is 0 Å². The van der Waals surface area contributed by atoms with Gasteiger partial charge in [-0.3, -0.25) is 9.59 Å². The Morgan fingerprint density at radius 3 is 2.70 bits per heavy atom. The fourth-order valence-electron chi connectivity index (χ4n) is 2.06. The molecule has 0 heterocycles. The highest BCUT2D eigenvalue weighted by atomic mass is 32.2. The highest BCUT2D eigenvalue weighted by Gasteiger charge is 2.21. The third-order valence-corrected chi connectivity index (χ3v) is 4.00. The van der Waals surface area contributed by atoms with Crippen LogP contribution in [0.3, 0.4) is 0 Å². The van der Waals surface area contributed by atoms with E-state index in [4.69, 9.17) is 10.5 Å². The Morgan fingerprint density at radius 1 is 1.39 bits per heavy atom. The second-order valence-electron chi connectivity index (χ2n) is 4.99. The van der Waals surface area contributed by atoms with Crippen molar-refractivity contribution in [3.05, 3.63) is 24.3 Å². The molecule has 7 heteroatoms. The van der Waals surface area contributed by atoms with Crippen molar-refractivity contribution in [2.45, 2.75) is 19.4 Å². The third kappa shape index (κ3) is 6.11. The Morgan fingerprint density at radius 2 is 2.09 bits per heavy atom. The molecule has 1 rings (SSSR count). The summed E-state index contributed by atoms with van der Waals surface area (Å²) in [6.07, 6.45) is 2.57. The molecule has 0 bridgehead atoms. The number of hydrogen-bond donors (Lipinski definition) is 2. The lowest BCUT2D eigenvalue weighted by Crippen LogP contribution is -2.46. The summed E-state index contributed by atoms with van der Waals surface area (Å²) < 4.78 is 5.19. The fraction of sp³-hybridized carbons (Fsp3) is 0.500. The Kier molecular flexibility index (Phi) is 8.50. The molecular weight excluding hydrogens is 314 g/mol. The van der Waals surface area contributed by atoms with E-state index < -0.39 is 6.04 Å². The maximum atomic E-state index is 12.3. The van der Waals surface area contributed by atoms with E-state index >= 15 is 0 Å². The number of carbonyl (C=O) groups excluding carboxylic acids is 2. The van der Waals surface area contributed by atoms with Crippen molar-refractivity contribution < 1.29 is 14.3 Å². The molecule has 0 fully saturated rings. The van der Waals surface area contributed by atoms with Gasteiger partial charge in [0.05, 0.1) is 25.4 Å². The number of carbonyl (C=O) groups is 2. The molecule has 3 N–H and O–H groups in total. The van der Waals surface area contributed by atoms with Gasteiger partial charge in [-0.1, -0.05) is 12.1 Å². The lowest BCUT2D eigenvalue weighted by atomic mass is 10.2. The number of rotatable bonds is 9. The molecule has 23 heavy (non-hydrogen) atoms. The second kappa shape index (κ2) is 10.1. The first-order valence-electron chi connectivity index (χ1n) is 7.49. The highest BCUT2D eigenvalue weighted by molar-refractivity contribution is 7.98. The van der Waals surface area contributed by atoms with Gasteiger partial charge in [0, 0.05) is 6.54 Å². The summed E-state index contributed by atoms with van der Waals surface area (Å²) in [5.74, 6) is 0.920. The van der Waals surface area contributed by atoms with Crippen LogP contribution in [0.4, 0.5) is 5.69 Å². The Bertz CT molecular complexity index is 525. The van der Waals surface area contributed by atoms with E-state index in [2.05, 4.69) is 5.32 Å². The minimum atomic E-state index is -0.568. The molecule has 0 aromatic heterocycles. The summed E-state index contributed by atoms with van der Waals surface area (Å²) in [6, 6.07) is 6.57. The van der Waals surface area contributed by atoms with Gasteiger partial charge in [-0.25, -0.2) is 0 Å². The first kappa shape index (κ1) is 19.3. The summed E-state index contributed by atoms with van der Waals surface area (Å²) in [5, 5.41) is 2.76. The number of ether oxygens (including phenoxy) is 1. The summed E-state index contributed by atoms with van der Waals surface area (Å²) in [5.41, 5.74) is 6.48. The molecule has 0 spiro atoms. The van der Waals surface area contributed by atoms with Gasteiger partial charge in [-0.2, -0.15) is 11.8 Å². The summed E-state index contributed by atoms with van der Waals surface area (Å²) in [6.45, 7) is 2.24. The highest BCUT2D eigenvalue weighted by Crippen LogP contribution is 2.22. The monoisotopic (exact) mass is 339 g/mol. The summed E-state index contributed by atoms with van der Waals surface area (Å²) in [7, 11) is 1.54. The van der Waals surface area contributed by atoms with Crippen LogP contribution in [0.1, 0.15) is 13.3 Å². The van der Waals surface area contributed by atoms with Gasteiger partial charge in [0.15, 0.2) is 0 Å². The van der Waals surface area contributed by atoms with Crippen LogP contribution in [0.15, 0.2) is 24.3 Å². The van der Waals surface area contributed by atoms with Crippen LogP contribution in [0.25, 0.3) is 0 Å². The SMILES string of the molecule is CCN(CC(=O)Nc1ccccc1OC)C(=O)[C@@H](N)CCSC. The molecule has 0 aliphatic carbocycles. The van der Waals surface area contributed by atoms with Crippen LogP contribution in [0.2, 0.25) is 0 Å². The van der Waals surface area contributed by atoms with Gasteiger partial charge in [0.1, 0.15) is 5.75 Å². The van der Waals surface area contributed by atoms with Gasteiger partial charge in [0.2, 0.25) is 11.8 Å². The van der Waals surface area contributed by atoms with Crippen molar-refractivity contribution >= 4 is 29.3 Å². The number of benzene rings is 1. The van der Waals surface area contributed by atoms with E-state index in [1.165, 1.54) is 12.0 Å². The average Bonchev–Trinajstić information content (AvgIpc) is 2.57. The minimum absolute atomic E-state index is 0.0274. The molecule has 1 aromatic carbocycles. The molecular formula is C16H25N3O3S. The van der Waals surface area contributed by atoms with Crippen molar-refractivity contribution in [1.29, 1.82) is 0 Å². The van der Waals surface area contributed by atoms with Gasteiger partial charge in [-0.15, -0.1) is 0 Å². The first-order chi connectivity index (χ1) is 11.0. The van der Waals surface area contributed by atoms with Crippen molar-refractivity contribution in [3.8, 4) is 5.75 Å². The molecule has 6 nitrogen and oxygen atoms in total. The van der Waals surface area contributed by atoms with E-state index in [0.717, 1.165) is 5.75 Å².